The largest absolute Gasteiger partial charge is 0.298 e. The highest BCUT2D eigenvalue weighted by Gasteiger charge is 2.05. The molecule has 0 aliphatic carbocycles. The Morgan fingerprint density at radius 2 is 2.08 bits per heavy atom. The summed E-state index contributed by atoms with van der Waals surface area (Å²) in [6.45, 7) is 4.14. The molecule has 0 bridgehead atoms. The van der Waals surface area contributed by atoms with E-state index in [1.54, 1.807) is 11.3 Å². The number of aldehydes is 1. The van der Waals surface area contributed by atoms with Gasteiger partial charge in [0.15, 0.2) is 6.29 Å². The number of carbonyl (C=O) groups is 1. The van der Waals surface area contributed by atoms with Crippen LogP contribution in [-0.4, -0.2) is 6.29 Å². The molecule has 66 valence electrons. The number of benzene rings is 1. The number of hydrogen-bond acceptors (Lipinski definition) is 2. The van der Waals surface area contributed by atoms with Gasteiger partial charge in [0, 0.05) is 20.5 Å². The summed E-state index contributed by atoms with van der Waals surface area (Å²) in [5.41, 5.74) is 2.05. The van der Waals surface area contributed by atoms with Crippen molar-refractivity contribution in [3.8, 4) is 0 Å². The van der Waals surface area contributed by atoms with Crippen molar-refractivity contribution in [1.82, 2.24) is 0 Å². The second-order valence-corrected chi connectivity index (χ2v) is 4.45. The first kappa shape index (κ1) is 8.45. The van der Waals surface area contributed by atoms with Crippen molar-refractivity contribution < 1.29 is 4.79 Å². The third kappa shape index (κ3) is 1.27. The van der Waals surface area contributed by atoms with Gasteiger partial charge >= 0.3 is 0 Å². The van der Waals surface area contributed by atoms with Crippen LogP contribution >= 0.6 is 11.3 Å². The molecule has 13 heavy (non-hydrogen) atoms. The Balaban J connectivity index is 2.91. The fourth-order valence-electron chi connectivity index (χ4n) is 1.50. The summed E-state index contributed by atoms with van der Waals surface area (Å²) < 4.78 is 1.24. The van der Waals surface area contributed by atoms with Gasteiger partial charge in [-0.2, -0.15) is 0 Å². The lowest BCUT2D eigenvalue weighted by Crippen LogP contribution is -1.81. The molecule has 0 atom stereocenters. The van der Waals surface area contributed by atoms with Crippen molar-refractivity contribution in [2.45, 2.75) is 13.8 Å². The molecule has 2 heteroatoms. The fraction of sp³-hybridized carbons (Fsp3) is 0.182. The summed E-state index contributed by atoms with van der Waals surface area (Å²) in [6, 6.07) is 5.97. The predicted octanol–water partition coefficient (Wildman–Crippen LogP) is 3.33. The quantitative estimate of drug-likeness (QED) is 0.630. The highest BCUT2D eigenvalue weighted by molar-refractivity contribution is 7.19. The Morgan fingerprint density at radius 3 is 2.77 bits per heavy atom. The molecule has 0 spiro atoms. The number of thiophene rings is 1. The van der Waals surface area contributed by atoms with Gasteiger partial charge < -0.3 is 0 Å². The van der Waals surface area contributed by atoms with Crippen molar-refractivity contribution in [2.24, 2.45) is 0 Å². The number of hydrogen-bond donors (Lipinski definition) is 0. The van der Waals surface area contributed by atoms with Crippen LogP contribution in [0.1, 0.15) is 20.8 Å². The maximum Gasteiger partial charge on any atom is 0.150 e. The lowest BCUT2D eigenvalue weighted by molar-refractivity contribution is 0.112. The van der Waals surface area contributed by atoms with E-state index in [1.807, 2.05) is 12.1 Å². The molecule has 0 N–H and O–H groups in total. The molecule has 1 heterocycles. The lowest BCUT2D eigenvalue weighted by atomic mass is 10.1. The minimum Gasteiger partial charge on any atom is -0.298 e. The summed E-state index contributed by atoms with van der Waals surface area (Å²) in [6.07, 6.45) is 0.925. The highest BCUT2D eigenvalue weighted by atomic mass is 32.1. The van der Waals surface area contributed by atoms with Gasteiger partial charge in [-0.1, -0.05) is 12.1 Å². The molecule has 0 saturated carbocycles. The molecule has 2 aromatic rings. The lowest BCUT2D eigenvalue weighted by Gasteiger charge is -1.97. The predicted molar refractivity (Wildman–Crippen MR) is 56.7 cm³/mol. The Morgan fingerprint density at radius 1 is 1.31 bits per heavy atom. The van der Waals surface area contributed by atoms with Crippen LogP contribution in [0, 0.1) is 13.8 Å². The molecular weight excluding hydrogens is 180 g/mol. The minimum absolute atomic E-state index is 0.796. The zero-order chi connectivity index (χ0) is 9.42. The molecule has 1 aromatic carbocycles. The van der Waals surface area contributed by atoms with Gasteiger partial charge in [0.25, 0.3) is 0 Å². The van der Waals surface area contributed by atoms with E-state index in [1.165, 1.54) is 15.1 Å². The van der Waals surface area contributed by atoms with Crippen LogP contribution in [-0.2, 0) is 0 Å². The van der Waals surface area contributed by atoms with Crippen LogP contribution in [0.5, 0.6) is 0 Å². The maximum atomic E-state index is 10.7. The molecule has 0 unspecified atom stereocenters. The minimum atomic E-state index is 0.796. The van der Waals surface area contributed by atoms with E-state index in [0.717, 1.165) is 17.2 Å². The standard InChI is InChI=1S/C11H10OS/c1-7-3-4-9(6-12)10-5-8(2)13-11(7)10/h3-6H,1-2H3. The molecule has 1 aromatic heterocycles. The van der Waals surface area contributed by atoms with Gasteiger partial charge in [0.1, 0.15) is 0 Å². The van der Waals surface area contributed by atoms with Gasteiger partial charge in [-0.25, -0.2) is 0 Å². The van der Waals surface area contributed by atoms with Crippen LogP contribution in [0.4, 0.5) is 0 Å². The van der Waals surface area contributed by atoms with Crippen molar-refractivity contribution in [3.63, 3.8) is 0 Å². The van der Waals surface area contributed by atoms with Gasteiger partial charge in [0.05, 0.1) is 0 Å². The summed E-state index contributed by atoms with van der Waals surface area (Å²) in [4.78, 5) is 12.0. The Bertz CT molecular complexity index is 468. The zero-order valence-electron chi connectivity index (χ0n) is 7.63. The Labute approximate surface area is 81.0 Å². The third-order valence-electron chi connectivity index (χ3n) is 2.16. The smallest absolute Gasteiger partial charge is 0.150 e. The number of aryl methyl sites for hydroxylation is 2. The topological polar surface area (TPSA) is 17.1 Å². The monoisotopic (exact) mass is 190 g/mol. The van der Waals surface area contributed by atoms with E-state index in [4.69, 9.17) is 0 Å². The first-order valence-corrected chi connectivity index (χ1v) is 4.99. The number of fused-ring (bicyclic) bond motifs is 1. The van der Waals surface area contributed by atoms with Crippen molar-refractivity contribution in [3.05, 3.63) is 34.2 Å². The summed E-state index contributed by atoms with van der Waals surface area (Å²) in [5, 5.41) is 1.09. The van der Waals surface area contributed by atoms with Crippen LogP contribution in [0.15, 0.2) is 18.2 Å². The van der Waals surface area contributed by atoms with Gasteiger partial charge in [-0.05, 0) is 25.5 Å². The zero-order valence-corrected chi connectivity index (χ0v) is 8.44. The Kier molecular flexibility index (Phi) is 1.93. The van der Waals surface area contributed by atoms with Gasteiger partial charge in [-0.15, -0.1) is 11.3 Å². The second-order valence-electron chi connectivity index (χ2n) is 3.19. The summed E-state index contributed by atoms with van der Waals surface area (Å²) in [5.74, 6) is 0. The van der Waals surface area contributed by atoms with Gasteiger partial charge in [-0.3, -0.25) is 4.79 Å². The van der Waals surface area contributed by atoms with Gasteiger partial charge in [0.2, 0.25) is 0 Å². The molecule has 0 amide bonds. The van der Waals surface area contributed by atoms with Crippen LogP contribution < -0.4 is 0 Å². The molecule has 0 aliphatic heterocycles. The average Bonchev–Trinajstić information content (AvgIpc) is 2.48. The Hall–Kier alpha value is -1.15. The SMILES string of the molecule is Cc1cc2c(C=O)ccc(C)c2s1. The van der Waals surface area contributed by atoms with E-state index < -0.39 is 0 Å². The molecule has 0 aliphatic rings. The fourth-order valence-corrected chi connectivity index (χ4v) is 2.52. The van der Waals surface area contributed by atoms with E-state index in [2.05, 4.69) is 19.9 Å². The summed E-state index contributed by atoms with van der Waals surface area (Å²) >= 11 is 1.75. The molecule has 0 fully saturated rings. The number of carbonyl (C=O) groups excluding carboxylic acids is 1. The van der Waals surface area contributed by atoms with E-state index in [-0.39, 0.29) is 0 Å². The van der Waals surface area contributed by atoms with Crippen molar-refractivity contribution in [1.29, 1.82) is 0 Å². The van der Waals surface area contributed by atoms with Crippen molar-refractivity contribution in [2.75, 3.05) is 0 Å². The first-order valence-electron chi connectivity index (χ1n) is 4.17. The third-order valence-corrected chi connectivity index (χ3v) is 3.35. The van der Waals surface area contributed by atoms with Crippen LogP contribution in [0.25, 0.3) is 10.1 Å². The maximum absolute atomic E-state index is 10.7. The van der Waals surface area contributed by atoms with Crippen LogP contribution in [0.3, 0.4) is 0 Å². The molecule has 2 rings (SSSR count). The van der Waals surface area contributed by atoms with E-state index >= 15 is 0 Å². The molecule has 0 radical (unpaired) electrons. The summed E-state index contributed by atoms with van der Waals surface area (Å²) in [7, 11) is 0. The average molecular weight is 190 g/mol. The normalized spacial score (nSPS) is 10.6. The molecular formula is C11H10OS. The second kappa shape index (κ2) is 2.96. The molecule has 0 saturated heterocycles. The number of rotatable bonds is 1. The molecule has 1 nitrogen and oxygen atoms in total. The van der Waals surface area contributed by atoms with E-state index in [0.29, 0.717) is 0 Å². The first-order chi connectivity index (χ1) is 6.22. The highest BCUT2D eigenvalue weighted by Crippen LogP contribution is 2.29. The van der Waals surface area contributed by atoms with E-state index in [9.17, 15) is 4.79 Å². The van der Waals surface area contributed by atoms with Crippen molar-refractivity contribution >= 4 is 27.7 Å². The van der Waals surface area contributed by atoms with Crippen LogP contribution in [0.2, 0.25) is 0 Å².